The Balaban J connectivity index is 2.25. The summed E-state index contributed by atoms with van der Waals surface area (Å²) in [4.78, 5) is 23.8. The van der Waals surface area contributed by atoms with E-state index in [9.17, 15) is 14.2 Å². The first kappa shape index (κ1) is 25.3. The Hall–Kier alpha value is -2.01. The highest BCUT2D eigenvalue weighted by atomic mass is 31.2. The zero-order valence-corrected chi connectivity index (χ0v) is 19.2. The van der Waals surface area contributed by atoms with E-state index >= 15 is 0 Å². The van der Waals surface area contributed by atoms with E-state index in [0.717, 1.165) is 11.1 Å². The van der Waals surface area contributed by atoms with Crippen molar-refractivity contribution in [2.45, 2.75) is 58.7 Å². The normalized spacial score (nSPS) is 22.9. The largest absolute Gasteiger partial charge is 0.468 e. The van der Waals surface area contributed by atoms with Crippen LogP contribution in [0.25, 0.3) is 0 Å². The molecule has 4 atom stereocenters. The van der Waals surface area contributed by atoms with Crippen molar-refractivity contribution in [1.29, 1.82) is 0 Å². The van der Waals surface area contributed by atoms with Gasteiger partial charge >= 0.3 is 13.7 Å². The minimum atomic E-state index is -4.15. The predicted molar refractivity (Wildman–Crippen MR) is 108 cm³/mol. The van der Waals surface area contributed by atoms with Gasteiger partial charge in [-0.1, -0.05) is 12.1 Å². The van der Waals surface area contributed by atoms with Crippen molar-refractivity contribution in [3.63, 3.8) is 0 Å². The van der Waals surface area contributed by atoms with Crippen molar-refractivity contribution >= 4 is 19.6 Å². The molecule has 31 heavy (non-hydrogen) atoms. The molecule has 1 aromatic carbocycles. The summed E-state index contributed by atoms with van der Waals surface area (Å²) >= 11 is 0. The van der Waals surface area contributed by atoms with Crippen molar-refractivity contribution in [3.8, 4) is 5.75 Å². The fraction of sp³-hybridized carbons (Fsp3) is 0.579. The van der Waals surface area contributed by atoms with E-state index in [2.05, 4.69) is 9.82 Å². The van der Waals surface area contributed by atoms with Gasteiger partial charge in [-0.15, -0.1) is 0 Å². The van der Waals surface area contributed by atoms with E-state index in [1.54, 1.807) is 32.9 Å². The Morgan fingerprint density at radius 2 is 1.97 bits per heavy atom. The Morgan fingerprint density at radius 1 is 1.29 bits per heavy atom. The zero-order chi connectivity index (χ0) is 23.4. The van der Waals surface area contributed by atoms with Gasteiger partial charge in [-0.25, -0.2) is 10.0 Å². The molecule has 0 radical (unpaired) electrons. The third kappa shape index (κ3) is 6.49. The number of methoxy groups -OCH3 is 1. The highest BCUT2D eigenvalue weighted by Gasteiger charge is 2.47. The molecule has 3 N–H and O–H groups in total. The minimum Gasteiger partial charge on any atom is -0.468 e. The summed E-state index contributed by atoms with van der Waals surface area (Å²) in [6, 6.07) is 4.18. The van der Waals surface area contributed by atoms with Crippen LogP contribution in [0.4, 0.5) is 0 Å². The lowest BCUT2D eigenvalue weighted by molar-refractivity contribution is -0.160. The number of nitrogens with one attached hydrogen (secondary N) is 2. The molecule has 11 nitrogen and oxygen atoms in total. The van der Waals surface area contributed by atoms with E-state index in [1.807, 2.05) is 13.0 Å². The van der Waals surface area contributed by atoms with Gasteiger partial charge in [-0.05, 0) is 51.8 Å². The molecule has 12 heteroatoms. The van der Waals surface area contributed by atoms with Crippen LogP contribution in [0.2, 0.25) is 0 Å². The van der Waals surface area contributed by atoms with Crippen LogP contribution in [0.5, 0.6) is 5.75 Å². The second-order valence-corrected chi connectivity index (χ2v) is 9.22. The first-order valence-corrected chi connectivity index (χ1v) is 11.1. The van der Waals surface area contributed by atoms with E-state index in [-0.39, 0.29) is 0 Å². The second kappa shape index (κ2) is 10.1. The highest BCUT2D eigenvalue weighted by molar-refractivity contribution is 7.52. The van der Waals surface area contributed by atoms with E-state index in [4.69, 9.17) is 23.7 Å². The molecule has 0 aromatic heterocycles. The Morgan fingerprint density at radius 3 is 2.58 bits per heavy atom. The number of benzene rings is 1. The summed E-state index contributed by atoms with van der Waals surface area (Å²) in [5, 5.41) is 11.5. The van der Waals surface area contributed by atoms with Crippen LogP contribution < -0.4 is 15.1 Å². The maximum absolute atomic E-state index is 13.5. The molecule has 1 saturated heterocycles. The van der Waals surface area contributed by atoms with Crippen molar-refractivity contribution in [3.05, 3.63) is 29.3 Å². The van der Waals surface area contributed by atoms with E-state index < -0.39 is 50.3 Å². The molecule has 1 aliphatic heterocycles. The van der Waals surface area contributed by atoms with Crippen LogP contribution >= 0.6 is 7.75 Å². The number of hydrogen-bond donors (Lipinski definition) is 3. The summed E-state index contributed by atoms with van der Waals surface area (Å²) in [5.41, 5.74) is 3.14. The lowest BCUT2D eigenvalue weighted by Crippen LogP contribution is -2.42. The first-order valence-electron chi connectivity index (χ1n) is 9.57. The van der Waals surface area contributed by atoms with Gasteiger partial charge in [0.05, 0.1) is 13.7 Å². The number of carbonyl (C=O) groups is 2. The topological polar surface area (TPSA) is 142 Å². The molecule has 0 aliphatic carbocycles. The van der Waals surface area contributed by atoms with Gasteiger partial charge in [0.2, 0.25) is 0 Å². The van der Waals surface area contributed by atoms with E-state index in [0.29, 0.717) is 5.75 Å². The van der Waals surface area contributed by atoms with Crippen molar-refractivity contribution in [2.75, 3.05) is 13.7 Å². The number of carbonyl (C=O) groups excluding carboxylic acids is 2. The molecule has 2 rings (SSSR count). The van der Waals surface area contributed by atoms with Gasteiger partial charge in [-0.2, -0.15) is 5.09 Å². The molecular formula is C19H29N2O9P. The lowest BCUT2D eigenvalue weighted by Gasteiger charge is -2.25. The average molecular weight is 460 g/mol. The maximum atomic E-state index is 13.5. The van der Waals surface area contributed by atoms with Gasteiger partial charge in [0.1, 0.15) is 17.9 Å². The van der Waals surface area contributed by atoms with Crippen molar-refractivity contribution in [1.82, 2.24) is 10.6 Å². The second-order valence-electron chi connectivity index (χ2n) is 7.53. The van der Waals surface area contributed by atoms with E-state index in [1.165, 1.54) is 19.5 Å². The fourth-order valence-corrected chi connectivity index (χ4v) is 4.48. The molecule has 1 amide bonds. The third-order valence-corrected chi connectivity index (χ3v) is 6.27. The van der Waals surface area contributed by atoms with Crippen LogP contribution in [-0.2, 0) is 32.9 Å². The zero-order valence-electron chi connectivity index (χ0n) is 18.3. The molecule has 0 spiro atoms. The van der Waals surface area contributed by atoms with Crippen molar-refractivity contribution < 1.29 is 42.6 Å². The summed E-state index contributed by atoms with van der Waals surface area (Å²) < 4.78 is 40.5. The van der Waals surface area contributed by atoms with Crippen LogP contribution in [-0.4, -0.2) is 54.8 Å². The number of aryl methyl sites for hydroxylation is 1. The molecular weight excluding hydrogens is 431 g/mol. The number of ether oxygens (including phenoxy) is 3. The molecule has 174 valence electrons. The summed E-state index contributed by atoms with van der Waals surface area (Å²) in [6.07, 6.45) is -2.22. The SMILES string of the molecule is COC(=O)[C@@H](C)NP(=O)(OC[C@H]1OC(C)(C)O[C@H]1C(=O)NO)Oc1cccc(C)c1C. The molecule has 1 aromatic rings. The molecule has 1 heterocycles. The molecule has 1 aliphatic rings. The first-order chi connectivity index (χ1) is 14.4. The number of hydroxylamine groups is 1. The quantitative estimate of drug-likeness (QED) is 0.217. The van der Waals surface area contributed by atoms with Crippen LogP contribution in [0.1, 0.15) is 31.9 Å². The highest BCUT2D eigenvalue weighted by Crippen LogP contribution is 2.47. The Kier molecular flexibility index (Phi) is 8.21. The Labute approximate surface area is 180 Å². The lowest BCUT2D eigenvalue weighted by atomic mass is 10.1. The van der Waals surface area contributed by atoms with Gasteiger partial charge in [0, 0.05) is 0 Å². The van der Waals surface area contributed by atoms with Gasteiger partial charge in [-0.3, -0.25) is 19.3 Å². The fourth-order valence-electron chi connectivity index (χ4n) is 2.92. The molecule has 1 fully saturated rings. The predicted octanol–water partition coefficient (Wildman–Crippen LogP) is 1.98. The maximum Gasteiger partial charge on any atom is 0.459 e. The number of amides is 1. The third-order valence-electron chi connectivity index (χ3n) is 4.64. The van der Waals surface area contributed by atoms with Crippen LogP contribution in [0, 0.1) is 13.8 Å². The molecule has 1 unspecified atom stereocenters. The van der Waals surface area contributed by atoms with Crippen LogP contribution in [0.15, 0.2) is 18.2 Å². The molecule has 0 bridgehead atoms. The number of esters is 1. The summed E-state index contributed by atoms with van der Waals surface area (Å²) in [6.45, 7) is 7.85. The van der Waals surface area contributed by atoms with Crippen molar-refractivity contribution in [2.24, 2.45) is 0 Å². The van der Waals surface area contributed by atoms with Gasteiger partial charge < -0.3 is 18.7 Å². The van der Waals surface area contributed by atoms with Crippen LogP contribution in [0.3, 0.4) is 0 Å². The average Bonchev–Trinajstić information content (AvgIpc) is 3.03. The number of hydrogen-bond acceptors (Lipinski definition) is 9. The molecule has 0 saturated carbocycles. The summed E-state index contributed by atoms with van der Waals surface area (Å²) in [5.74, 6) is -2.37. The standard InChI is InChI=1S/C19H29N2O9P/c1-11-8-7-9-14(12(11)2)30-31(25,21-13(3)18(23)26-6)27-10-15-16(17(22)20-24)29-19(4,5)28-15/h7-9,13,15-16,24H,10H2,1-6H3,(H,20,22)(H,21,25)/t13-,15-,16-,31?/m1/s1. The number of rotatable bonds is 9. The Bertz CT molecular complexity index is 861. The van der Waals surface area contributed by atoms with Gasteiger partial charge in [0.15, 0.2) is 11.9 Å². The monoisotopic (exact) mass is 460 g/mol. The smallest absolute Gasteiger partial charge is 0.459 e. The minimum absolute atomic E-state index is 0.293. The summed E-state index contributed by atoms with van der Waals surface area (Å²) in [7, 11) is -2.96. The van der Waals surface area contributed by atoms with Gasteiger partial charge in [0.25, 0.3) is 5.91 Å².